The summed E-state index contributed by atoms with van der Waals surface area (Å²) in [6.07, 6.45) is 4.24. The summed E-state index contributed by atoms with van der Waals surface area (Å²) in [5, 5.41) is 13.5. The van der Waals surface area contributed by atoms with E-state index in [0.717, 1.165) is 0 Å². The predicted molar refractivity (Wildman–Crippen MR) is 133 cm³/mol. The van der Waals surface area contributed by atoms with Gasteiger partial charge in [0, 0.05) is 35.2 Å². The number of carbonyl (C=O) groups excluding carboxylic acids is 3. The van der Waals surface area contributed by atoms with Crippen LogP contribution in [0.25, 0.3) is 0 Å². The van der Waals surface area contributed by atoms with Crippen molar-refractivity contribution in [3.05, 3.63) is 58.4 Å². The lowest BCUT2D eigenvalue weighted by molar-refractivity contribution is -0.161. The van der Waals surface area contributed by atoms with Gasteiger partial charge in [0.05, 0.1) is 5.92 Å². The van der Waals surface area contributed by atoms with Crippen LogP contribution in [0.2, 0.25) is 5.02 Å². The number of nitrogens with one attached hydrogen (secondary N) is 1. The first-order chi connectivity index (χ1) is 16.3. The molecule has 0 unspecified atom stereocenters. The molecule has 1 aliphatic carbocycles. The zero-order valence-electron chi connectivity index (χ0n) is 20.7. The highest BCUT2D eigenvalue weighted by Gasteiger charge is 2.37. The average molecular weight is 501 g/mol. The first-order valence-corrected chi connectivity index (χ1v) is 12.2. The number of hydrogen-bond donors (Lipinski definition) is 2. The Morgan fingerprint density at radius 1 is 1.14 bits per heavy atom. The van der Waals surface area contributed by atoms with Crippen molar-refractivity contribution in [2.24, 2.45) is 5.92 Å². The zero-order valence-corrected chi connectivity index (χ0v) is 21.4. The van der Waals surface area contributed by atoms with Crippen LogP contribution in [-0.4, -0.2) is 38.9 Å². The van der Waals surface area contributed by atoms with Gasteiger partial charge < -0.3 is 15.2 Å². The summed E-state index contributed by atoms with van der Waals surface area (Å²) >= 11 is 5.96. The van der Waals surface area contributed by atoms with Gasteiger partial charge in [0.1, 0.15) is 22.8 Å². The number of ether oxygens (including phenoxy) is 1. The number of phenols is 1. The second kappa shape index (κ2) is 10.8. The Hall–Kier alpha value is -2.93. The van der Waals surface area contributed by atoms with Gasteiger partial charge in [-0.15, -0.1) is 0 Å². The molecule has 35 heavy (non-hydrogen) atoms. The maximum absolute atomic E-state index is 12.9. The quantitative estimate of drug-likeness (QED) is 0.528. The molecule has 1 heterocycles. The number of benzene rings is 1. The Labute approximate surface area is 211 Å². The van der Waals surface area contributed by atoms with Gasteiger partial charge in [-0.2, -0.15) is 0 Å². The lowest BCUT2D eigenvalue weighted by atomic mass is 9.77. The Balaban J connectivity index is 1.57. The van der Waals surface area contributed by atoms with E-state index < -0.39 is 11.1 Å². The molecule has 188 valence electrons. The van der Waals surface area contributed by atoms with Crippen LogP contribution in [0.15, 0.2) is 36.5 Å². The third-order valence-electron chi connectivity index (χ3n) is 6.13. The van der Waals surface area contributed by atoms with Crippen molar-refractivity contribution in [3.63, 3.8) is 0 Å². The van der Waals surface area contributed by atoms with Crippen molar-refractivity contribution in [3.8, 4) is 5.75 Å². The molecule has 7 nitrogen and oxygen atoms in total. The van der Waals surface area contributed by atoms with E-state index in [0.29, 0.717) is 41.8 Å². The summed E-state index contributed by atoms with van der Waals surface area (Å²) in [5.41, 5.74) is 0.391. The van der Waals surface area contributed by atoms with Gasteiger partial charge in [-0.3, -0.25) is 19.4 Å². The fraction of sp³-hybridized carbons (Fsp3) is 0.481. The molecule has 2 aromatic rings. The van der Waals surface area contributed by atoms with Gasteiger partial charge in [0.15, 0.2) is 0 Å². The molecule has 1 saturated carbocycles. The molecule has 0 aliphatic heterocycles. The van der Waals surface area contributed by atoms with E-state index in [2.05, 4.69) is 10.3 Å². The fourth-order valence-electron chi connectivity index (χ4n) is 4.25. The van der Waals surface area contributed by atoms with Crippen LogP contribution < -0.4 is 5.32 Å². The van der Waals surface area contributed by atoms with E-state index in [9.17, 15) is 19.5 Å². The van der Waals surface area contributed by atoms with Gasteiger partial charge in [0.2, 0.25) is 0 Å². The summed E-state index contributed by atoms with van der Waals surface area (Å²) < 4.78 is 5.51. The van der Waals surface area contributed by atoms with E-state index in [1.165, 1.54) is 12.3 Å². The maximum Gasteiger partial charge on any atom is 0.309 e. The summed E-state index contributed by atoms with van der Waals surface area (Å²) in [7, 11) is 0. The minimum absolute atomic E-state index is 0.0205. The summed E-state index contributed by atoms with van der Waals surface area (Å²) in [6, 6.07) is 7.89. The van der Waals surface area contributed by atoms with Crippen LogP contribution in [0, 0.1) is 5.92 Å². The number of ketones is 1. The SMILES string of the molecule is CC1(NC(=O)c2cc(CC(=O)Cc3cc(Cl)ccc3O)ccn2)CCC(C(=O)OC(C)(C)C)CC1. The minimum Gasteiger partial charge on any atom is -0.508 e. The normalized spacial score (nSPS) is 20.2. The molecule has 8 heteroatoms. The van der Waals surface area contributed by atoms with Crippen molar-refractivity contribution in [1.29, 1.82) is 0 Å². The summed E-state index contributed by atoms with van der Waals surface area (Å²) in [6.45, 7) is 7.54. The van der Waals surface area contributed by atoms with Gasteiger partial charge >= 0.3 is 5.97 Å². The second-order valence-corrected chi connectivity index (χ2v) is 11.0. The van der Waals surface area contributed by atoms with E-state index in [1.807, 2.05) is 27.7 Å². The Bertz CT molecular complexity index is 1100. The molecule has 0 spiro atoms. The van der Waals surface area contributed by atoms with Crippen molar-refractivity contribution >= 4 is 29.3 Å². The average Bonchev–Trinajstić information content (AvgIpc) is 2.75. The highest BCUT2D eigenvalue weighted by molar-refractivity contribution is 6.30. The molecule has 3 rings (SSSR count). The van der Waals surface area contributed by atoms with E-state index in [1.54, 1.807) is 24.3 Å². The third kappa shape index (κ3) is 7.79. The second-order valence-electron chi connectivity index (χ2n) is 10.5. The van der Waals surface area contributed by atoms with Crippen molar-refractivity contribution in [1.82, 2.24) is 10.3 Å². The highest BCUT2D eigenvalue weighted by atomic mass is 35.5. The van der Waals surface area contributed by atoms with Gasteiger partial charge in [-0.1, -0.05) is 11.6 Å². The standard InChI is InChI=1S/C27H33ClN2O5/c1-26(2,3)35-25(34)18-7-10-27(4,11-8-18)30-24(33)22-14-17(9-12-29-22)13-21(31)16-19-15-20(28)5-6-23(19)32/h5-6,9,12,14-15,18,32H,7-8,10-11,13,16H2,1-4H3,(H,30,33). The number of aromatic nitrogens is 1. The number of nitrogens with zero attached hydrogens (tertiary/aromatic N) is 1. The third-order valence-corrected chi connectivity index (χ3v) is 6.37. The van der Waals surface area contributed by atoms with E-state index in [-0.39, 0.29) is 47.9 Å². The maximum atomic E-state index is 12.9. The molecule has 0 bridgehead atoms. The first-order valence-electron chi connectivity index (χ1n) is 11.8. The van der Waals surface area contributed by atoms with E-state index in [4.69, 9.17) is 16.3 Å². The molecule has 2 N–H and O–H groups in total. The van der Waals surface area contributed by atoms with Crippen molar-refractivity contribution in [2.75, 3.05) is 0 Å². The van der Waals surface area contributed by atoms with E-state index >= 15 is 0 Å². The number of esters is 1. The number of halogens is 1. The fourth-order valence-corrected chi connectivity index (χ4v) is 4.44. The van der Waals surface area contributed by atoms with Gasteiger partial charge in [-0.25, -0.2) is 0 Å². The molecule has 0 atom stereocenters. The summed E-state index contributed by atoms with van der Waals surface area (Å²) in [4.78, 5) is 42.0. The molecule has 0 radical (unpaired) electrons. The zero-order chi connectivity index (χ0) is 25.8. The minimum atomic E-state index is -0.515. The molecule has 1 aromatic carbocycles. The topological polar surface area (TPSA) is 106 Å². The molecule has 1 aliphatic rings. The number of rotatable bonds is 7. The molecule has 1 fully saturated rings. The van der Waals surface area contributed by atoms with Crippen molar-refractivity contribution < 1.29 is 24.2 Å². The smallest absolute Gasteiger partial charge is 0.309 e. The highest BCUT2D eigenvalue weighted by Crippen LogP contribution is 2.33. The van der Waals surface area contributed by atoms with Gasteiger partial charge in [0.25, 0.3) is 5.91 Å². The summed E-state index contributed by atoms with van der Waals surface area (Å²) in [5.74, 6) is -0.758. The molecule has 0 saturated heterocycles. The van der Waals surface area contributed by atoms with Crippen LogP contribution in [0.4, 0.5) is 0 Å². The van der Waals surface area contributed by atoms with Crippen LogP contribution in [0.3, 0.4) is 0 Å². The number of pyridine rings is 1. The number of phenolic OH excluding ortho intramolecular Hbond substituents is 1. The Morgan fingerprint density at radius 2 is 1.83 bits per heavy atom. The lowest BCUT2D eigenvalue weighted by Crippen LogP contribution is -2.49. The number of amides is 1. The van der Waals surface area contributed by atoms with Crippen LogP contribution in [0.5, 0.6) is 5.75 Å². The van der Waals surface area contributed by atoms with Crippen LogP contribution >= 0.6 is 11.6 Å². The number of carbonyl (C=O) groups is 3. The Morgan fingerprint density at radius 3 is 2.49 bits per heavy atom. The largest absolute Gasteiger partial charge is 0.508 e. The molecule has 1 aromatic heterocycles. The lowest BCUT2D eigenvalue weighted by Gasteiger charge is -2.37. The van der Waals surface area contributed by atoms with Crippen molar-refractivity contribution in [2.45, 2.75) is 77.4 Å². The monoisotopic (exact) mass is 500 g/mol. The predicted octanol–water partition coefficient (Wildman–Crippen LogP) is 4.82. The Kier molecular flexibility index (Phi) is 8.21. The number of Topliss-reactive ketones (excluding diaryl/α,β-unsaturated/α-hetero) is 1. The van der Waals surface area contributed by atoms with Crippen LogP contribution in [-0.2, 0) is 27.2 Å². The number of hydrogen-bond acceptors (Lipinski definition) is 6. The molecule has 1 amide bonds. The first kappa shape index (κ1) is 26.7. The molecular weight excluding hydrogens is 468 g/mol. The number of aromatic hydroxyl groups is 1. The van der Waals surface area contributed by atoms with Gasteiger partial charge in [-0.05, 0) is 89.3 Å². The molecular formula is C27H33ClN2O5. The van der Waals surface area contributed by atoms with Crippen LogP contribution in [0.1, 0.15) is 75.0 Å².